The number of nitrogens with one attached hydrogen (secondary N) is 2. The number of thioether (sulfide) groups is 1. The zero-order chi connectivity index (χ0) is 28.8. The first-order chi connectivity index (χ1) is 19.2. The highest BCUT2D eigenvalue weighted by Gasteiger charge is 2.23. The molecule has 0 radical (unpaired) electrons. The summed E-state index contributed by atoms with van der Waals surface area (Å²) in [5.74, 6) is 1.65. The van der Waals surface area contributed by atoms with Gasteiger partial charge >= 0.3 is 6.03 Å². The number of anilines is 1. The Bertz CT molecular complexity index is 1440. The first kappa shape index (κ1) is 28.8. The van der Waals surface area contributed by atoms with Crippen LogP contribution in [0.25, 0.3) is 5.69 Å². The molecule has 1 atom stereocenters. The lowest BCUT2D eigenvalue weighted by Gasteiger charge is -2.22. The van der Waals surface area contributed by atoms with Gasteiger partial charge in [0.15, 0.2) is 11.0 Å². The van der Waals surface area contributed by atoms with Gasteiger partial charge in [0, 0.05) is 29.3 Å². The Hall–Kier alpha value is -4.18. The lowest BCUT2D eigenvalue weighted by atomic mass is 9.93. The number of carbonyl (C=O) groups excluding carboxylic acids is 1. The van der Waals surface area contributed by atoms with Gasteiger partial charge in [0.25, 0.3) is 5.69 Å². The largest absolute Gasteiger partial charge is 0.328 e. The Morgan fingerprint density at radius 1 is 0.900 bits per heavy atom. The van der Waals surface area contributed by atoms with Crippen molar-refractivity contribution in [3.05, 3.63) is 105 Å². The van der Waals surface area contributed by atoms with E-state index in [-0.39, 0.29) is 23.6 Å². The molecule has 208 valence electrons. The van der Waals surface area contributed by atoms with Gasteiger partial charge in [0.1, 0.15) is 0 Å². The number of urea groups is 1. The summed E-state index contributed by atoms with van der Waals surface area (Å²) in [4.78, 5) is 24.1. The van der Waals surface area contributed by atoms with Crippen molar-refractivity contribution < 1.29 is 9.72 Å². The number of rotatable bonds is 10. The molecule has 1 aromatic heterocycles. The second-order valence-electron chi connectivity index (χ2n) is 10.2. The predicted octanol–water partition coefficient (Wildman–Crippen LogP) is 7.60. The highest BCUT2D eigenvalue weighted by molar-refractivity contribution is 7.98. The summed E-state index contributed by atoms with van der Waals surface area (Å²) >= 11 is 1.50. The zero-order valence-corrected chi connectivity index (χ0v) is 24.1. The lowest BCUT2D eigenvalue weighted by molar-refractivity contribution is -0.384. The van der Waals surface area contributed by atoms with Crippen molar-refractivity contribution in [2.24, 2.45) is 0 Å². The van der Waals surface area contributed by atoms with Gasteiger partial charge in [-0.2, -0.15) is 0 Å². The van der Waals surface area contributed by atoms with Crippen molar-refractivity contribution in [3.8, 4) is 5.69 Å². The van der Waals surface area contributed by atoms with E-state index < -0.39 is 11.0 Å². The number of amides is 2. The van der Waals surface area contributed by atoms with Crippen LogP contribution in [-0.2, 0) is 5.75 Å². The number of hydrogen-bond donors (Lipinski definition) is 2. The van der Waals surface area contributed by atoms with E-state index in [0.29, 0.717) is 22.4 Å². The van der Waals surface area contributed by atoms with Gasteiger partial charge in [-0.1, -0.05) is 88.0 Å². The van der Waals surface area contributed by atoms with Crippen molar-refractivity contribution in [1.29, 1.82) is 0 Å². The van der Waals surface area contributed by atoms with Gasteiger partial charge in [0.2, 0.25) is 0 Å². The maximum Gasteiger partial charge on any atom is 0.319 e. The van der Waals surface area contributed by atoms with E-state index >= 15 is 0 Å². The molecule has 0 fully saturated rings. The van der Waals surface area contributed by atoms with Crippen LogP contribution in [0.2, 0.25) is 0 Å². The normalized spacial score (nSPS) is 12.0. The Morgan fingerprint density at radius 2 is 1.52 bits per heavy atom. The van der Waals surface area contributed by atoms with Crippen LogP contribution < -0.4 is 10.6 Å². The van der Waals surface area contributed by atoms with Crippen LogP contribution in [0.15, 0.2) is 78.0 Å². The minimum absolute atomic E-state index is 0.00723. The highest BCUT2D eigenvalue weighted by atomic mass is 32.2. The first-order valence-corrected chi connectivity index (χ1v) is 14.2. The molecule has 3 aromatic carbocycles. The molecule has 1 unspecified atom stereocenters. The molecule has 0 bridgehead atoms. The zero-order valence-electron chi connectivity index (χ0n) is 23.3. The van der Waals surface area contributed by atoms with E-state index in [1.165, 1.54) is 23.9 Å². The van der Waals surface area contributed by atoms with Crippen LogP contribution in [-0.4, -0.2) is 25.7 Å². The highest BCUT2D eigenvalue weighted by Crippen LogP contribution is 2.33. The van der Waals surface area contributed by atoms with Crippen molar-refractivity contribution in [2.45, 2.75) is 63.4 Å². The molecule has 0 spiro atoms. The van der Waals surface area contributed by atoms with E-state index in [2.05, 4.69) is 48.5 Å². The fraction of sp³-hybridized carbons (Fsp3) is 0.300. The number of para-hydroxylation sites is 1. The smallest absolute Gasteiger partial charge is 0.319 e. The maximum atomic E-state index is 13.3. The molecule has 0 aliphatic heterocycles. The van der Waals surface area contributed by atoms with Gasteiger partial charge in [0.05, 0.1) is 11.0 Å². The Kier molecular flexibility index (Phi) is 9.21. The third-order valence-corrected chi connectivity index (χ3v) is 7.53. The van der Waals surface area contributed by atoms with Crippen LogP contribution in [0, 0.1) is 10.1 Å². The minimum atomic E-state index is -0.512. The summed E-state index contributed by atoms with van der Waals surface area (Å²) in [7, 11) is 0. The van der Waals surface area contributed by atoms with Crippen LogP contribution in [0.4, 0.5) is 16.2 Å². The molecule has 0 aliphatic carbocycles. The summed E-state index contributed by atoms with van der Waals surface area (Å²) in [6, 6.07) is 21.5. The first-order valence-electron chi connectivity index (χ1n) is 13.2. The molecule has 9 nitrogen and oxygen atoms in total. The van der Waals surface area contributed by atoms with Crippen molar-refractivity contribution >= 4 is 29.2 Å². The summed E-state index contributed by atoms with van der Waals surface area (Å²) in [6.07, 6.45) is 0. The maximum absolute atomic E-state index is 13.3. The van der Waals surface area contributed by atoms with Crippen LogP contribution >= 0.6 is 11.8 Å². The average molecular weight is 559 g/mol. The molecular weight excluding hydrogens is 524 g/mol. The lowest BCUT2D eigenvalue weighted by Crippen LogP contribution is -2.33. The van der Waals surface area contributed by atoms with E-state index in [4.69, 9.17) is 0 Å². The molecule has 2 N–H and O–H groups in total. The quantitative estimate of drug-likeness (QED) is 0.118. The van der Waals surface area contributed by atoms with Gasteiger partial charge in [-0.3, -0.25) is 14.7 Å². The fourth-order valence-electron chi connectivity index (χ4n) is 4.45. The molecular formula is C30H34N6O3S. The van der Waals surface area contributed by atoms with Gasteiger partial charge in [-0.05, 0) is 47.6 Å². The number of nitro groups is 1. The number of hydrogen-bond acceptors (Lipinski definition) is 6. The average Bonchev–Trinajstić information content (AvgIpc) is 3.36. The fourth-order valence-corrected chi connectivity index (χ4v) is 5.36. The predicted molar refractivity (Wildman–Crippen MR) is 159 cm³/mol. The molecule has 2 amide bonds. The monoisotopic (exact) mass is 558 g/mol. The van der Waals surface area contributed by atoms with Crippen molar-refractivity contribution in [3.63, 3.8) is 0 Å². The Labute approximate surface area is 238 Å². The molecule has 1 heterocycles. The molecule has 4 rings (SSSR count). The number of carbonyl (C=O) groups is 1. The van der Waals surface area contributed by atoms with E-state index in [1.54, 1.807) is 12.1 Å². The number of nitro benzene ring substituents is 1. The van der Waals surface area contributed by atoms with E-state index in [1.807, 2.05) is 60.0 Å². The number of non-ortho nitro benzene ring substituents is 1. The summed E-state index contributed by atoms with van der Waals surface area (Å²) in [5.41, 5.74) is 4.76. The van der Waals surface area contributed by atoms with Crippen LogP contribution in [0.5, 0.6) is 0 Å². The van der Waals surface area contributed by atoms with E-state index in [0.717, 1.165) is 22.4 Å². The summed E-state index contributed by atoms with van der Waals surface area (Å²) < 4.78 is 1.84. The second kappa shape index (κ2) is 12.8. The molecule has 40 heavy (non-hydrogen) atoms. The number of aromatic nitrogens is 3. The van der Waals surface area contributed by atoms with Crippen LogP contribution in [0.1, 0.15) is 75.0 Å². The molecule has 0 saturated carbocycles. The minimum Gasteiger partial charge on any atom is -0.328 e. The topological polar surface area (TPSA) is 115 Å². The third kappa shape index (κ3) is 6.69. The van der Waals surface area contributed by atoms with Crippen molar-refractivity contribution in [2.75, 3.05) is 5.32 Å². The standard InChI is InChI=1S/C30H34N6O3S/c1-19(2)25-12-9-13-26(20(3)4)27(25)32-29(37)31-21(5)28-33-34-30(40-18-22-10-7-6-8-11-22)35(28)23-14-16-24(17-15-23)36(38)39/h6-17,19-21H,18H2,1-5H3,(H2,31,32,37). The summed E-state index contributed by atoms with van der Waals surface area (Å²) in [6.45, 7) is 10.3. The Morgan fingerprint density at radius 3 is 2.10 bits per heavy atom. The molecule has 4 aromatic rings. The van der Waals surface area contributed by atoms with Gasteiger partial charge in [-0.25, -0.2) is 4.79 Å². The molecule has 10 heteroatoms. The van der Waals surface area contributed by atoms with Crippen molar-refractivity contribution in [1.82, 2.24) is 20.1 Å². The second-order valence-corrected chi connectivity index (χ2v) is 11.1. The molecule has 0 aliphatic rings. The van der Waals surface area contributed by atoms with E-state index in [9.17, 15) is 14.9 Å². The Balaban J connectivity index is 1.62. The number of nitrogens with zero attached hydrogens (tertiary/aromatic N) is 4. The van der Waals surface area contributed by atoms with Crippen LogP contribution in [0.3, 0.4) is 0 Å². The van der Waals surface area contributed by atoms with Gasteiger partial charge < -0.3 is 10.6 Å². The van der Waals surface area contributed by atoms with Gasteiger partial charge in [-0.15, -0.1) is 10.2 Å². The third-order valence-electron chi connectivity index (χ3n) is 6.53. The molecule has 0 saturated heterocycles. The SMILES string of the molecule is CC(C)c1cccc(C(C)C)c1NC(=O)NC(C)c1nnc(SCc2ccccc2)n1-c1ccc([N+](=O)[O-])cc1. The summed E-state index contributed by atoms with van der Waals surface area (Å²) in [5, 5.41) is 26.8. The number of benzene rings is 3.